The Kier molecular flexibility index (Phi) is 2.36. The molecule has 3 nitrogen and oxygen atoms in total. The van der Waals surface area contributed by atoms with Crippen molar-refractivity contribution in [1.82, 2.24) is 10.6 Å². The van der Waals surface area contributed by atoms with E-state index >= 15 is 0 Å². The lowest BCUT2D eigenvalue weighted by atomic mass is 10.0. The molecule has 0 saturated carbocycles. The van der Waals surface area contributed by atoms with Crippen LogP contribution in [0.1, 0.15) is 12.0 Å². The zero-order valence-electron chi connectivity index (χ0n) is 8.91. The van der Waals surface area contributed by atoms with Gasteiger partial charge in [-0.3, -0.25) is 4.99 Å². The molecular weight excluding hydrogens is 205 g/mol. The van der Waals surface area contributed by atoms with Gasteiger partial charge in [0.15, 0.2) is 0 Å². The molecule has 3 rings (SSSR count). The molecule has 1 aromatic carbocycles. The summed E-state index contributed by atoms with van der Waals surface area (Å²) in [4.78, 5) is 4.62. The molecule has 0 spiro atoms. The van der Waals surface area contributed by atoms with Gasteiger partial charge in [0.05, 0.1) is 12.1 Å². The molecule has 4 heteroatoms. The Morgan fingerprint density at radius 2 is 2.31 bits per heavy atom. The van der Waals surface area contributed by atoms with Crippen LogP contribution in [0.5, 0.6) is 0 Å². The van der Waals surface area contributed by atoms with Crippen molar-refractivity contribution in [2.75, 3.05) is 13.1 Å². The first kappa shape index (κ1) is 9.78. The second-order valence-electron chi connectivity index (χ2n) is 4.30. The Bertz CT molecular complexity index is 430. The van der Waals surface area contributed by atoms with Crippen molar-refractivity contribution in [3.8, 4) is 0 Å². The van der Waals surface area contributed by atoms with Gasteiger partial charge in [-0.15, -0.1) is 0 Å². The number of fused-ring (bicyclic) bond motifs is 1. The molecule has 2 unspecified atom stereocenters. The molecule has 2 aliphatic heterocycles. The summed E-state index contributed by atoms with van der Waals surface area (Å²) < 4.78 is 13.1. The van der Waals surface area contributed by atoms with Gasteiger partial charge in [0.1, 0.15) is 11.7 Å². The highest BCUT2D eigenvalue weighted by atomic mass is 19.1. The van der Waals surface area contributed by atoms with E-state index in [2.05, 4.69) is 15.6 Å². The zero-order valence-corrected chi connectivity index (χ0v) is 8.91. The molecule has 0 aliphatic carbocycles. The van der Waals surface area contributed by atoms with Crippen LogP contribution in [0.15, 0.2) is 29.3 Å². The van der Waals surface area contributed by atoms with Crippen LogP contribution in [0.25, 0.3) is 0 Å². The minimum Gasteiger partial charge on any atom is -0.364 e. The average Bonchev–Trinajstić information content (AvgIpc) is 2.72. The summed E-state index contributed by atoms with van der Waals surface area (Å²) in [5, 5.41) is 6.69. The number of piperidine rings is 1. The monoisotopic (exact) mass is 219 g/mol. The van der Waals surface area contributed by atoms with E-state index in [-0.39, 0.29) is 5.82 Å². The number of nitrogens with one attached hydrogen (secondary N) is 2. The van der Waals surface area contributed by atoms with Crippen molar-refractivity contribution >= 4 is 5.84 Å². The Morgan fingerprint density at radius 1 is 1.38 bits per heavy atom. The minimum atomic E-state index is -0.213. The maximum Gasteiger partial charge on any atom is 0.129 e. The van der Waals surface area contributed by atoms with Gasteiger partial charge in [-0.1, -0.05) is 12.1 Å². The summed E-state index contributed by atoms with van der Waals surface area (Å²) in [5.74, 6) is 0.619. The second kappa shape index (κ2) is 3.87. The maximum atomic E-state index is 13.1. The number of hydrogen-bond donors (Lipinski definition) is 2. The van der Waals surface area contributed by atoms with Crippen molar-refractivity contribution in [2.24, 2.45) is 4.99 Å². The normalized spacial score (nSPS) is 28.2. The van der Waals surface area contributed by atoms with E-state index in [1.165, 1.54) is 12.1 Å². The van der Waals surface area contributed by atoms with Crippen LogP contribution in [0, 0.1) is 5.82 Å². The van der Waals surface area contributed by atoms with E-state index in [0.29, 0.717) is 12.1 Å². The summed E-state index contributed by atoms with van der Waals surface area (Å²) >= 11 is 0. The zero-order chi connectivity index (χ0) is 11.0. The van der Waals surface area contributed by atoms with Crippen LogP contribution in [0.2, 0.25) is 0 Å². The molecule has 0 aromatic heterocycles. The predicted octanol–water partition coefficient (Wildman–Crippen LogP) is 0.906. The van der Waals surface area contributed by atoms with Gasteiger partial charge in [-0.2, -0.15) is 0 Å². The average molecular weight is 219 g/mol. The van der Waals surface area contributed by atoms with Gasteiger partial charge in [0, 0.05) is 12.1 Å². The van der Waals surface area contributed by atoms with Gasteiger partial charge in [-0.25, -0.2) is 4.39 Å². The fourth-order valence-corrected chi connectivity index (χ4v) is 2.32. The first-order valence-electron chi connectivity index (χ1n) is 5.64. The summed E-state index contributed by atoms with van der Waals surface area (Å²) in [6.07, 6.45) is 1.05. The number of nitrogens with zero attached hydrogens (tertiary/aromatic N) is 1. The molecule has 2 atom stereocenters. The molecular formula is C12H14FN3. The maximum absolute atomic E-state index is 13.1. The van der Waals surface area contributed by atoms with Gasteiger partial charge in [0.2, 0.25) is 0 Å². The van der Waals surface area contributed by atoms with Crippen LogP contribution < -0.4 is 10.6 Å². The van der Waals surface area contributed by atoms with Crippen molar-refractivity contribution in [3.63, 3.8) is 0 Å². The highest BCUT2D eigenvalue weighted by molar-refractivity contribution is 6.00. The third kappa shape index (κ3) is 1.69. The summed E-state index contributed by atoms with van der Waals surface area (Å²) in [6.45, 7) is 1.95. The van der Waals surface area contributed by atoms with Gasteiger partial charge in [0.25, 0.3) is 0 Å². The van der Waals surface area contributed by atoms with Crippen LogP contribution in [-0.4, -0.2) is 31.0 Å². The van der Waals surface area contributed by atoms with E-state index in [9.17, 15) is 4.39 Å². The molecule has 0 amide bonds. The number of rotatable bonds is 1. The van der Waals surface area contributed by atoms with Crippen LogP contribution in [0.3, 0.4) is 0 Å². The second-order valence-corrected chi connectivity index (χ2v) is 4.30. The summed E-state index contributed by atoms with van der Waals surface area (Å²) in [6, 6.07) is 7.30. The highest BCUT2D eigenvalue weighted by Gasteiger charge is 2.30. The van der Waals surface area contributed by atoms with E-state index in [1.807, 2.05) is 6.07 Å². The third-order valence-corrected chi connectivity index (χ3v) is 3.16. The molecule has 2 N–H and O–H groups in total. The largest absolute Gasteiger partial charge is 0.364 e. The van der Waals surface area contributed by atoms with Crippen LogP contribution in [-0.2, 0) is 0 Å². The SMILES string of the molecule is Fc1cccc(C2=NC3CCNCC3N2)c1. The van der Waals surface area contributed by atoms with Crippen molar-refractivity contribution < 1.29 is 4.39 Å². The van der Waals surface area contributed by atoms with Crippen molar-refractivity contribution in [3.05, 3.63) is 35.6 Å². The minimum absolute atomic E-state index is 0.213. The highest BCUT2D eigenvalue weighted by Crippen LogP contribution is 2.17. The fraction of sp³-hybridized carbons (Fsp3) is 0.417. The molecule has 84 valence electrons. The third-order valence-electron chi connectivity index (χ3n) is 3.16. The molecule has 16 heavy (non-hydrogen) atoms. The smallest absolute Gasteiger partial charge is 0.129 e. The van der Waals surface area contributed by atoms with Gasteiger partial charge >= 0.3 is 0 Å². The molecule has 0 bridgehead atoms. The number of hydrogen-bond acceptors (Lipinski definition) is 3. The summed E-state index contributed by atoms with van der Waals surface area (Å²) in [7, 11) is 0. The lowest BCUT2D eigenvalue weighted by Gasteiger charge is -2.24. The number of aliphatic imine (C=N–C) groups is 1. The predicted molar refractivity (Wildman–Crippen MR) is 61.1 cm³/mol. The number of amidine groups is 1. The summed E-state index contributed by atoms with van der Waals surface area (Å²) in [5.41, 5.74) is 0.842. The van der Waals surface area contributed by atoms with E-state index in [1.54, 1.807) is 6.07 Å². The first-order chi connectivity index (χ1) is 7.83. The Balaban J connectivity index is 1.86. The van der Waals surface area contributed by atoms with Crippen LogP contribution >= 0.6 is 0 Å². The molecule has 1 saturated heterocycles. The standard InChI is InChI=1S/C12H14FN3/c13-9-3-1-2-8(6-9)12-15-10-4-5-14-7-11(10)16-12/h1-3,6,10-11,14H,4-5,7H2,(H,15,16). The molecule has 0 radical (unpaired) electrons. The fourth-order valence-electron chi connectivity index (χ4n) is 2.32. The van der Waals surface area contributed by atoms with E-state index in [4.69, 9.17) is 0 Å². The van der Waals surface area contributed by atoms with Crippen molar-refractivity contribution in [1.29, 1.82) is 0 Å². The lowest BCUT2D eigenvalue weighted by Crippen LogP contribution is -2.48. The van der Waals surface area contributed by atoms with Gasteiger partial charge in [-0.05, 0) is 25.1 Å². The quantitative estimate of drug-likeness (QED) is 0.736. The Hall–Kier alpha value is -1.42. The lowest BCUT2D eigenvalue weighted by molar-refractivity contribution is 0.402. The van der Waals surface area contributed by atoms with E-state index < -0.39 is 0 Å². The molecule has 1 fully saturated rings. The molecule has 2 aliphatic rings. The van der Waals surface area contributed by atoms with Crippen molar-refractivity contribution in [2.45, 2.75) is 18.5 Å². The first-order valence-corrected chi connectivity index (χ1v) is 5.64. The number of benzene rings is 1. The van der Waals surface area contributed by atoms with Gasteiger partial charge < -0.3 is 10.6 Å². The number of halogens is 1. The van der Waals surface area contributed by atoms with Crippen LogP contribution in [0.4, 0.5) is 4.39 Å². The molecule has 2 heterocycles. The Labute approximate surface area is 93.8 Å². The molecule has 1 aromatic rings. The topological polar surface area (TPSA) is 36.4 Å². The Morgan fingerprint density at radius 3 is 3.12 bits per heavy atom. The van der Waals surface area contributed by atoms with E-state index in [0.717, 1.165) is 30.9 Å².